The zero-order chi connectivity index (χ0) is 16.0. The summed E-state index contributed by atoms with van der Waals surface area (Å²) in [5, 5.41) is 4.01. The summed E-state index contributed by atoms with van der Waals surface area (Å²) in [6, 6.07) is 7.74. The van der Waals surface area contributed by atoms with Gasteiger partial charge in [-0.25, -0.2) is 4.79 Å². The van der Waals surface area contributed by atoms with E-state index in [-0.39, 0.29) is 18.1 Å². The third kappa shape index (κ3) is 2.53. The molecule has 0 aliphatic heterocycles. The van der Waals surface area contributed by atoms with Crippen molar-refractivity contribution in [1.29, 1.82) is 0 Å². The van der Waals surface area contributed by atoms with E-state index in [0.29, 0.717) is 24.7 Å². The minimum absolute atomic E-state index is 0. The summed E-state index contributed by atoms with van der Waals surface area (Å²) in [7, 11) is 1.78. The van der Waals surface area contributed by atoms with Gasteiger partial charge in [0.25, 0.3) is 0 Å². The van der Waals surface area contributed by atoms with E-state index in [1.54, 1.807) is 16.2 Å². The van der Waals surface area contributed by atoms with Crippen molar-refractivity contribution in [2.45, 2.75) is 37.8 Å². The Balaban J connectivity index is 0.00000169. The van der Waals surface area contributed by atoms with E-state index in [9.17, 15) is 4.79 Å². The molecule has 0 bridgehead atoms. The molecule has 3 aromatic rings. The van der Waals surface area contributed by atoms with E-state index in [1.807, 2.05) is 24.3 Å². The van der Waals surface area contributed by atoms with Gasteiger partial charge in [0.15, 0.2) is 5.82 Å². The number of aromatic nitrogens is 4. The molecule has 2 aromatic heterocycles. The quantitative estimate of drug-likeness (QED) is 0.774. The molecule has 2 heterocycles. The Hall–Kier alpha value is -2.12. The Morgan fingerprint density at radius 2 is 2.00 bits per heavy atom. The van der Waals surface area contributed by atoms with Crippen molar-refractivity contribution in [3.8, 4) is 0 Å². The highest BCUT2D eigenvalue weighted by Crippen LogP contribution is 2.36. The van der Waals surface area contributed by atoms with Gasteiger partial charge >= 0.3 is 5.69 Å². The maximum absolute atomic E-state index is 12.4. The maximum atomic E-state index is 12.4. The molecule has 0 radical (unpaired) electrons. The first-order valence-corrected chi connectivity index (χ1v) is 7.85. The van der Waals surface area contributed by atoms with Crippen molar-refractivity contribution in [2.75, 3.05) is 0 Å². The van der Waals surface area contributed by atoms with Crippen LogP contribution in [-0.2, 0) is 25.6 Å². The largest absolute Gasteiger partial charge is 0.339 e. The standard InChI is InChI=1S/C16H19N5O2.ClH/c1-20-11-5-2-3-6-12(11)21(15(20)22)10-7-13-18-14(19-23-13)16(17)8-4-9-16;/h2-3,5-6H,4,7-10,17H2,1H3;1H. The molecule has 0 atom stereocenters. The molecule has 1 aromatic carbocycles. The van der Waals surface area contributed by atoms with Crippen LogP contribution in [0.25, 0.3) is 11.0 Å². The van der Waals surface area contributed by atoms with Gasteiger partial charge in [0.05, 0.1) is 16.6 Å². The van der Waals surface area contributed by atoms with Crippen LogP contribution in [0.15, 0.2) is 33.6 Å². The van der Waals surface area contributed by atoms with E-state index in [4.69, 9.17) is 10.3 Å². The van der Waals surface area contributed by atoms with Crippen LogP contribution in [0.1, 0.15) is 31.0 Å². The van der Waals surface area contributed by atoms with Gasteiger partial charge < -0.3 is 10.3 Å². The smallest absolute Gasteiger partial charge is 0.328 e. The molecular formula is C16H20ClN5O2. The van der Waals surface area contributed by atoms with Crippen molar-refractivity contribution in [1.82, 2.24) is 19.3 Å². The van der Waals surface area contributed by atoms with Gasteiger partial charge in [-0.2, -0.15) is 4.98 Å². The van der Waals surface area contributed by atoms with E-state index in [0.717, 1.165) is 30.3 Å². The van der Waals surface area contributed by atoms with Gasteiger partial charge in [-0.3, -0.25) is 9.13 Å². The molecule has 0 spiro atoms. The monoisotopic (exact) mass is 349 g/mol. The van der Waals surface area contributed by atoms with Crippen LogP contribution in [0.2, 0.25) is 0 Å². The highest BCUT2D eigenvalue weighted by molar-refractivity contribution is 5.85. The first-order valence-electron chi connectivity index (χ1n) is 7.85. The summed E-state index contributed by atoms with van der Waals surface area (Å²) in [4.78, 5) is 16.8. The molecule has 128 valence electrons. The minimum atomic E-state index is -0.419. The fourth-order valence-electron chi connectivity index (χ4n) is 3.13. The Morgan fingerprint density at radius 1 is 1.29 bits per heavy atom. The third-order valence-electron chi connectivity index (χ3n) is 4.76. The average molecular weight is 350 g/mol. The molecular weight excluding hydrogens is 330 g/mol. The average Bonchev–Trinajstić information content (AvgIpc) is 3.09. The van der Waals surface area contributed by atoms with Gasteiger partial charge in [-0.1, -0.05) is 17.3 Å². The second kappa shape index (κ2) is 6.07. The van der Waals surface area contributed by atoms with Crippen molar-refractivity contribution < 1.29 is 4.52 Å². The van der Waals surface area contributed by atoms with Crippen molar-refractivity contribution in [2.24, 2.45) is 12.8 Å². The van der Waals surface area contributed by atoms with Crippen molar-refractivity contribution in [3.05, 3.63) is 46.5 Å². The molecule has 24 heavy (non-hydrogen) atoms. The molecule has 8 heteroatoms. The highest BCUT2D eigenvalue weighted by atomic mass is 35.5. The van der Waals surface area contributed by atoms with E-state index >= 15 is 0 Å². The Kier molecular flexibility index (Phi) is 4.23. The highest BCUT2D eigenvalue weighted by Gasteiger charge is 2.38. The molecule has 1 aliphatic carbocycles. The van der Waals surface area contributed by atoms with Crippen LogP contribution < -0.4 is 11.4 Å². The lowest BCUT2D eigenvalue weighted by Gasteiger charge is -2.34. The number of benzene rings is 1. The summed E-state index contributed by atoms with van der Waals surface area (Å²) in [5.41, 5.74) is 7.57. The number of hydrogen-bond acceptors (Lipinski definition) is 5. The summed E-state index contributed by atoms with van der Waals surface area (Å²) >= 11 is 0. The van der Waals surface area contributed by atoms with Crippen LogP contribution in [0.4, 0.5) is 0 Å². The lowest BCUT2D eigenvalue weighted by atomic mass is 9.77. The summed E-state index contributed by atoms with van der Waals surface area (Å²) in [6.07, 6.45) is 3.41. The van der Waals surface area contributed by atoms with Crippen molar-refractivity contribution in [3.63, 3.8) is 0 Å². The number of fused-ring (bicyclic) bond motifs is 1. The van der Waals surface area contributed by atoms with E-state index < -0.39 is 5.54 Å². The van der Waals surface area contributed by atoms with Crippen LogP contribution in [0.3, 0.4) is 0 Å². The molecule has 4 rings (SSSR count). The van der Waals surface area contributed by atoms with E-state index in [1.165, 1.54) is 0 Å². The topological polar surface area (TPSA) is 91.9 Å². The lowest BCUT2D eigenvalue weighted by molar-refractivity contribution is 0.229. The van der Waals surface area contributed by atoms with Gasteiger partial charge in [-0.05, 0) is 31.4 Å². The van der Waals surface area contributed by atoms with Crippen LogP contribution in [0, 0.1) is 0 Å². The SMILES string of the molecule is Cl.Cn1c(=O)n(CCc2nc(C3(N)CCC3)no2)c2ccccc21. The number of aryl methyl sites for hydroxylation is 3. The van der Waals surface area contributed by atoms with Gasteiger partial charge in [-0.15, -0.1) is 12.4 Å². The molecule has 0 amide bonds. The number of rotatable bonds is 4. The van der Waals surface area contributed by atoms with Gasteiger partial charge in [0.1, 0.15) is 0 Å². The number of imidazole rings is 1. The Morgan fingerprint density at radius 3 is 2.67 bits per heavy atom. The first-order chi connectivity index (χ1) is 11.1. The predicted octanol–water partition coefficient (Wildman–Crippen LogP) is 1.73. The zero-order valence-electron chi connectivity index (χ0n) is 13.4. The van der Waals surface area contributed by atoms with Crippen LogP contribution >= 0.6 is 12.4 Å². The fourth-order valence-corrected chi connectivity index (χ4v) is 3.13. The number of para-hydroxylation sites is 2. The number of nitrogens with zero attached hydrogens (tertiary/aromatic N) is 4. The molecule has 1 saturated carbocycles. The molecule has 0 unspecified atom stereocenters. The summed E-state index contributed by atoms with van der Waals surface area (Å²) in [6.45, 7) is 0.499. The normalized spacial score (nSPS) is 15.9. The Bertz CT molecular complexity index is 922. The van der Waals surface area contributed by atoms with Gasteiger partial charge in [0.2, 0.25) is 5.89 Å². The second-order valence-corrected chi connectivity index (χ2v) is 6.25. The number of nitrogens with two attached hydrogens (primary N) is 1. The summed E-state index contributed by atoms with van der Waals surface area (Å²) < 4.78 is 8.69. The number of hydrogen-bond donors (Lipinski definition) is 1. The van der Waals surface area contributed by atoms with Gasteiger partial charge in [0, 0.05) is 20.0 Å². The molecule has 1 fully saturated rings. The predicted molar refractivity (Wildman–Crippen MR) is 92.1 cm³/mol. The molecule has 2 N–H and O–H groups in total. The molecule has 0 saturated heterocycles. The zero-order valence-corrected chi connectivity index (χ0v) is 14.3. The Labute approximate surface area is 144 Å². The van der Waals surface area contributed by atoms with Crippen molar-refractivity contribution >= 4 is 23.4 Å². The molecule has 1 aliphatic rings. The first kappa shape index (κ1) is 16.7. The third-order valence-corrected chi connectivity index (χ3v) is 4.76. The summed E-state index contributed by atoms with van der Waals surface area (Å²) in [5.74, 6) is 1.11. The molecule has 7 nitrogen and oxygen atoms in total. The minimum Gasteiger partial charge on any atom is -0.339 e. The maximum Gasteiger partial charge on any atom is 0.328 e. The second-order valence-electron chi connectivity index (χ2n) is 6.25. The fraction of sp³-hybridized carbons (Fsp3) is 0.438. The van der Waals surface area contributed by atoms with Crippen LogP contribution in [0.5, 0.6) is 0 Å². The van der Waals surface area contributed by atoms with Crippen LogP contribution in [-0.4, -0.2) is 19.3 Å². The number of halogens is 1. The van der Waals surface area contributed by atoms with E-state index in [2.05, 4.69) is 10.1 Å². The lowest BCUT2D eigenvalue weighted by Crippen LogP contribution is -2.44.